The lowest BCUT2D eigenvalue weighted by molar-refractivity contribution is 0.401. The highest BCUT2D eigenvalue weighted by Crippen LogP contribution is 2.08. The molecule has 86 valence electrons. The van der Waals surface area contributed by atoms with Gasteiger partial charge in [0.05, 0.1) is 12.7 Å². The van der Waals surface area contributed by atoms with Crippen molar-refractivity contribution in [2.45, 2.75) is 58.5 Å². The molecule has 1 unspecified atom stereocenters. The largest absolute Gasteiger partial charge is 0.447 e. The van der Waals surface area contributed by atoms with E-state index < -0.39 is 0 Å². The maximum Gasteiger partial charge on any atom is 0.180 e. The van der Waals surface area contributed by atoms with E-state index in [0.717, 1.165) is 12.3 Å². The maximum atomic E-state index is 5.19. The molecule has 3 nitrogen and oxygen atoms in total. The van der Waals surface area contributed by atoms with Gasteiger partial charge >= 0.3 is 0 Å². The zero-order valence-corrected chi connectivity index (χ0v) is 9.83. The van der Waals surface area contributed by atoms with E-state index in [4.69, 9.17) is 4.42 Å². The third-order valence-electron chi connectivity index (χ3n) is 2.59. The highest BCUT2D eigenvalue weighted by Gasteiger charge is 2.07. The Morgan fingerprint density at radius 1 is 1.33 bits per heavy atom. The second-order valence-electron chi connectivity index (χ2n) is 3.98. The number of aromatic nitrogens is 1. The molecule has 0 spiro atoms. The van der Waals surface area contributed by atoms with Gasteiger partial charge in [0.25, 0.3) is 0 Å². The van der Waals surface area contributed by atoms with E-state index in [1.165, 1.54) is 38.5 Å². The second kappa shape index (κ2) is 7.46. The van der Waals surface area contributed by atoms with Crippen LogP contribution in [0.3, 0.4) is 0 Å². The van der Waals surface area contributed by atoms with Gasteiger partial charge in [-0.15, -0.1) is 0 Å². The van der Waals surface area contributed by atoms with E-state index in [1.807, 2.05) is 0 Å². The summed E-state index contributed by atoms with van der Waals surface area (Å²) in [5.74, 6) is 0.924. The van der Waals surface area contributed by atoms with Gasteiger partial charge in [0.1, 0.15) is 5.76 Å². The van der Waals surface area contributed by atoms with E-state index in [0.29, 0.717) is 6.04 Å². The van der Waals surface area contributed by atoms with Crippen LogP contribution in [0.1, 0.15) is 51.7 Å². The smallest absolute Gasteiger partial charge is 0.180 e. The molecule has 1 atom stereocenters. The minimum atomic E-state index is 0.625. The van der Waals surface area contributed by atoms with Crippen LogP contribution in [-0.2, 0) is 6.54 Å². The predicted molar refractivity (Wildman–Crippen MR) is 61.6 cm³/mol. The first-order valence-electron chi connectivity index (χ1n) is 5.97. The fourth-order valence-corrected chi connectivity index (χ4v) is 1.72. The number of unbranched alkanes of at least 4 members (excludes halogenated alkanes) is 1. The quantitative estimate of drug-likeness (QED) is 0.716. The molecule has 0 bridgehead atoms. The molecule has 1 heterocycles. The molecule has 1 aromatic rings. The number of hydrogen-bond donors (Lipinski definition) is 1. The minimum Gasteiger partial charge on any atom is -0.447 e. The van der Waals surface area contributed by atoms with Crippen LogP contribution in [0.25, 0.3) is 0 Å². The number of rotatable bonds is 8. The Morgan fingerprint density at radius 2 is 2.20 bits per heavy atom. The summed E-state index contributed by atoms with van der Waals surface area (Å²) >= 11 is 0. The first kappa shape index (κ1) is 12.2. The lowest BCUT2D eigenvalue weighted by Crippen LogP contribution is -2.28. The maximum absolute atomic E-state index is 5.19. The summed E-state index contributed by atoms with van der Waals surface area (Å²) in [5, 5.41) is 3.52. The van der Waals surface area contributed by atoms with Crippen LogP contribution in [0.4, 0.5) is 0 Å². The Hall–Kier alpha value is -0.830. The number of oxazole rings is 1. The van der Waals surface area contributed by atoms with Crippen LogP contribution in [0.2, 0.25) is 0 Å². The molecule has 0 amide bonds. The highest BCUT2D eigenvalue weighted by molar-refractivity contribution is 4.88. The molecule has 3 heteroatoms. The fraction of sp³-hybridized carbons (Fsp3) is 0.750. The average Bonchev–Trinajstić information content (AvgIpc) is 2.75. The van der Waals surface area contributed by atoms with Gasteiger partial charge in [-0.25, -0.2) is 4.98 Å². The van der Waals surface area contributed by atoms with Gasteiger partial charge in [-0.1, -0.05) is 33.1 Å². The first-order chi connectivity index (χ1) is 7.36. The van der Waals surface area contributed by atoms with E-state index >= 15 is 0 Å². The van der Waals surface area contributed by atoms with E-state index in [2.05, 4.69) is 24.1 Å². The standard InChI is InChI=1S/C12H22N2O/c1-3-5-7-11(6-4-2)14-9-12-8-13-10-15-12/h8,10-11,14H,3-7,9H2,1-2H3. The molecule has 1 rings (SSSR count). The van der Waals surface area contributed by atoms with Gasteiger partial charge in [0.15, 0.2) is 6.39 Å². The molecule has 0 aliphatic rings. The van der Waals surface area contributed by atoms with E-state index in [1.54, 1.807) is 6.20 Å². The Morgan fingerprint density at radius 3 is 2.80 bits per heavy atom. The molecule has 1 aromatic heterocycles. The van der Waals surface area contributed by atoms with Crippen molar-refractivity contribution in [2.24, 2.45) is 0 Å². The van der Waals surface area contributed by atoms with E-state index in [9.17, 15) is 0 Å². The van der Waals surface area contributed by atoms with Crippen LogP contribution in [0, 0.1) is 0 Å². The van der Waals surface area contributed by atoms with Crippen LogP contribution < -0.4 is 5.32 Å². The molecule has 0 fully saturated rings. The van der Waals surface area contributed by atoms with Crippen molar-refractivity contribution in [1.82, 2.24) is 10.3 Å². The van der Waals surface area contributed by atoms with Crippen molar-refractivity contribution in [3.8, 4) is 0 Å². The van der Waals surface area contributed by atoms with Crippen LogP contribution in [0.15, 0.2) is 17.0 Å². The Balaban J connectivity index is 2.24. The summed E-state index contributed by atoms with van der Waals surface area (Å²) < 4.78 is 5.19. The lowest BCUT2D eigenvalue weighted by atomic mass is 10.1. The molecule has 0 saturated carbocycles. The summed E-state index contributed by atoms with van der Waals surface area (Å²) in [5.41, 5.74) is 0. The fourth-order valence-electron chi connectivity index (χ4n) is 1.72. The van der Waals surface area contributed by atoms with Crippen molar-refractivity contribution in [3.63, 3.8) is 0 Å². The van der Waals surface area contributed by atoms with Crippen molar-refractivity contribution >= 4 is 0 Å². The Labute approximate surface area is 92.3 Å². The molecule has 0 radical (unpaired) electrons. The van der Waals surface area contributed by atoms with Crippen molar-refractivity contribution in [1.29, 1.82) is 0 Å². The molecule has 0 aliphatic carbocycles. The topological polar surface area (TPSA) is 38.1 Å². The SMILES string of the molecule is CCCCC(CCC)NCc1cnco1. The van der Waals surface area contributed by atoms with Crippen LogP contribution in [-0.4, -0.2) is 11.0 Å². The average molecular weight is 210 g/mol. The molecule has 0 aromatic carbocycles. The van der Waals surface area contributed by atoms with Gasteiger partial charge in [0, 0.05) is 6.04 Å². The Kier molecular flexibility index (Phi) is 6.09. The zero-order valence-electron chi connectivity index (χ0n) is 9.83. The minimum absolute atomic E-state index is 0.625. The highest BCUT2D eigenvalue weighted by atomic mass is 16.3. The third-order valence-corrected chi connectivity index (χ3v) is 2.59. The van der Waals surface area contributed by atoms with Crippen LogP contribution >= 0.6 is 0 Å². The van der Waals surface area contributed by atoms with Crippen molar-refractivity contribution < 1.29 is 4.42 Å². The summed E-state index contributed by atoms with van der Waals surface area (Å²) in [6.45, 7) is 5.27. The molecular weight excluding hydrogens is 188 g/mol. The predicted octanol–water partition coefficient (Wildman–Crippen LogP) is 3.12. The summed E-state index contributed by atoms with van der Waals surface area (Å²) in [6.07, 6.45) is 9.57. The summed E-state index contributed by atoms with van der Waals surface area (Å²) in [4.78, 5) is 3.90. The lowest BCUT2D eigenvalue weighted by Gasteiger charge is -2.16. The molecular formula is C12H22N2O. The number of nitrogens with one attached hydrogen (secondary N) is 1. The molecule has 0 saturated heterocycles. The number of hydrogen-bond acceptors (Lipinski definition) is 3. The van der Waals surface area contributed by atoms with Gasteiger partial charge in [0.2, 0.25) is 0 Å². The second-order valence-corrected chi connectivity index (χ2v) is 3.98. The van der Waals surface area contributed by atoms with Crippen molar-refractivity contribution in [2.75, 3.05) is 0 Å². The van der Waals surface area contributed by atoms with Gasteiger partial charge in [-0.2, -0.15) is 0 Å². The zero-order chi connectivity index (χ0) is 10.9. The van der Waals surface area contributed by atoms with Crippen LogP contribution in [0.5, 0.6) is 0 Å². The molecule has 15 heavy (non-hydrogen) atoms. The third kappa shape index (κ3) is 4.98. The molecule has 0 aliphatic heterocycles. The monoisotopic (exact) mass is 210 g/mol. The van der Waals surface area contributed by atoms with Crippen molar-refractivity contribution in [3.05, 3.63) is 18.4 Å². The molecule has 1 N–H and O–H groups in total. The van der Waals surface area contributed by atoms with E-state index in [-0.39, 0.29) is 0 Å². The van der Waals surface area contributed by atoms with Gasteiger partial charge in [-0.3, -0.25) is 0 Å². The van der Waals surface area contributed by atoms with Gasteiger partial charge in [-0.05, 0) is 12.8 Å². The first-order valence-corrected chi connectivity index (χ1v) is 5.97. The summed E-state index contributed by atoms with van der Waals surface area (Å²) in [7, 11) is 0. The number of nitrogens with zero attached hydrogens (tertiary/aromatic N) is 1. The summed E-state index contributed by atoms with van der Waals surface area (Å²) in [6, 6.07) is 0.625. The Bertz CT molecular complexity index is 234. The normalized spacial score (nSPS) is 12.9. The van der Waals surface area contributed by atoms with Gasteiger partial charge < -0.3 is 9.73 Å².